The van der Waals surface area contributed by atoms with Gasteiger partial charge in [-0.1, -0.05) is 48.2 Å². The zero-order chi connectivity index (χ0) is 14.2. The van der Waals surface area contributed by atoms with Gasteiger partial charge >= 0.3 is 0 Å². The van der Waals surface area contributed by atoms with Crippen molar-refractivity contribution in [3.63, 3.8) is 0 Å². The molecule has 3 rings (SSSR count). The van der Waals surface area contributed by atoms with Crippen molar-refractivity contribution < 1.29 is 5.21 Å². The Hall–Kier alpha value is -1.35. The van der Waals surface area contributed by atoms with Crippen LogP contribution in [0, 0.1) is 6.92 Å². The highest BCUT2D eigenvalue weighted by atomic mass is 16.4. The van der Waals surface area contributed by atoms with Crippen LogP contribution < -0.4 is 5.32 Å². The molecule has 0 aliphatic heterocycles. The average Bonchev–Trinajstić information content (AvgIpc) is 2.71. The van der Waals surface area contributed by atoms with Crippen molar-refractivity contribution in [1.82, 2.24) is 5.32 Å². The van der Waals surface area contributed by atoms with Crippen LogP contribution in [-0.2, 0) is 12.0 Å². The second-order valence-corrected chi connectivity index (χ2v) is 6.49. The van der Waals surface area contributed by atoms with Gasteiger partial charge in [0.2, 0.25) is 0 Å². The molecule has 0 heterocycles. The first-order chi connectivity index (χ1) is 9.63. The molecule has 3 heteroatoms. The fraction of sp³-hybridized carbons (Fsp3) is 0.588. The van der Waals surface area contributed by atoms with Gasteiger partial charge in [-0.25, -0.2) is 0 Å². The highest BCUT2D eigenvalue weighted by Gasteiger charge is 2.42. The minimum atomic E-state index is -0.306. The summed E-state index contributed by atoms with van der Waals surface area (Å²) in [5.41, 5.74) is 4.39. The molecule has 0 aromatic heterocycles. The van der Waals surface area contributed by atoms with E-state index in [9.17, 15) is 5.21 Å². The fourth-order valence-corrected chi connectivity index (χ4v) is 3.82. The predicted molar refractivity (Wildman–Crippen MR) is 81.5 cm³/mol. The normalized spacial score (nSPS) is 28.8. The third kappa shape index (κ3) is 2.24. The molecule has 2 aliphatic rings. The molecule has 1 atom stereocenters. The zero-order valence-electron chi connectivity index (χ0n) is 12.4. The molecule has 0 saturated heterocycles. The van der Waals surface area contributed by atoms with Crippen LogP contribution >= 0.6 is 0 Å². The van der Waals surface area contributed by atoms with E-state index in [2.05, 4.69) is 42.5 Å². The van der Waals surface area contributed by atoms with Crippen molar-refractivity contribution in [2.24, 2.45) is 5.16 Å². The molecule has 2 aliphatic carbocycles. The Bertz CT molecular complexity index is 532. The standard InChI is InChI=1S/C17H24N2O/c1-12-8-9-15-13(10-12)11-16(19-20)17(15,2)18-14-6-4-3-5-7-14/h8-10,14,18,20H,3-7,11H2,1-2H3. The van der Waals surface area contributed by atoms with Crippen LogP contribution in [-0.4, -0.2) is 17.0 Å². The zero-order valence-corrected chi connectivity index (χ0v) is 12.4. The van der Waals surface area contributed by atoms with Crippen LogP contribution in [0.5, 0.6) is 0 Å². The van der Waals surface area contributed by atoms with Crippen molar-refractivity contribution in [3.05, 3.63) is 34.9 Å². The number of nitrogens with zero attached hydrogens (tertiary/aromatic N) is 1. The Morgan fingerprint density at radius 2 is 2.00 bits per heavy atom. The van der Waals surface area contributed by atoms with Gasteiger partial charge in [-0.15, -0.1) is 0 Å². The molecule has 108 valence electrons. The Balaban J connectivity index is 1.93. The van der Waals surface area contributed by atoms with Crippen LogP contribution in [0.2, 0.25) is 0 Å². The van der Waals surface area contributed by atoms with Crippen molar-refractivity contribution in [2.45, 2.75) is 64.0 Å². The number of nitrogens with one attached hydrogen (secondary N) is 1. The highest BCUT2D eigenvalue weighted by Crippen LogP contribution is 2.36. The van der Waals surface area contributed by atoms with E-state index in [4.69, 9.17) is 0 Å². The predicted octanol–water partition coefficient (Wildman–Crippen LogP) is 3.52. The van der Waals surface area contributed by atoms with Gasteiger partial charge in [0.1, 0.15) is 0 Å². The van der Waals surface area contributed by atoms with Gasteiger partial charge in [-0.05, 0) is 37.8 Å². The first-order valence-electron chi connectivity index (χ1n) is 7.72. The molecule has 1 aromatic carbocycles. The van der Waals surface area contributed by atoms with Crippen LogP contribution in [0.25, 0.3) is 0 Å². The Morgan fingerprint density at radius 1 is 1.25 bits per heavy atom. The summed E-state index contributed by atoms with van der Waals surface area (Å²) in [6.45, 7) is 4.28. The summed E-state index contributed by atoms with van der Waals surface area (Å²) in [5, 5.41) is 16.8. The molecule has 0 radical (unpaired) electrons. The Labute approximate surface area is 121 Å². The molecular weight excluding hydrogens is 248 g/mol. The molecule has 3 nitrogen and oxygen atoms in total. The summed E-state index contributed by atoms with van der Waals surface area (Å²) in [4.78, 5) is 0. The summed E-state index contributed by atoms with van der Waals surface area (Å²) >= 11 is 0. The lowest BCUT2D eigenvalue weighted by molar-refractivity contribution is 0.292. The van der Waals surface area contributed by atoms with Gasteiger partial charge < -0.3 is 10.5 Å². The molecule has 1 fully saturated rings. The molecule has 0 amide bonds. The smallest absolute Gasteiger partial charge is 0.0857 e. The molecule has 1 aromatic rings. The molecule has 1 saturated carbocycles. The monoisotopic (exact) mass is 272 g/mol. The Kier molecular flexibility index (Phi) is 3.55. The second kappa shape index (κ2) is 5.21. The number of oxime groups is 1. The van der Waals surface area contributed by atoms with E-state index < -0.39 is 0 Å². The SMILES string of the molecule is Cc1ccc2c(c1)CC(=NO)C2(C)NC1CCCCC1. The lowest BCUT2D eigenvalue weighted by Crippen LogP contribution is -2.50. The maximum Gasteiger partial charge on any atom is 0.0857 e. The van der Waals surface area contributed by atoms with E-state index in [-0.39, 0.29) is 5.54 Å². The van der Waals surface area contributed by atoms with Gasteiger partial charge in [0.25, 0.3) is 0 Å². The van der Waals surface area contributed by atoms with Gasteiger partial charge in [-0.2, -0.15) is 0 Å². The fourth-order valence-electron chi connectivity index (χ4n) is 3.82. The maximum atomic E-state index is 9.42. The quantitative estimate of drug-likeness (QED) is 0.639. The van der Waals surface area contributed by atoms with E-state index in [1.54, 1.807) is 0 Å². The van der Waals surface area contributed by atoms with E-state index in [1.807, 2.05) is 0 Å². The number of rotatable bonds is 2. The summed E-state index contributed by atoms with van der Waals surface area (Å²) in [5.74, 6) is 0. The summed E-state index contributed by atoms with van der Waals surface area (Å²) < 4.78 is 0. The first-order valence-corrected chi connectivity index (χ1v) is 7.72. The molecule has 20 heavy (non-hydrogen) atoms. The molecule has 1 unspecified atom stereocenters. The maximum absolute atomic E-state index is 9.42. The second-order valence-electron chi connectivity index (χ2n) is 6.49. The number of fused-ring (bicyclic) bond motifs is 1. The first kappa shape index (κ1) is 13.6. The lowest BCUT2D eigenvalue weighted by atomic mass is 9.87. The lowest BCUT2D eigenvalue weighted by Gasteiger charge is -2.34. The number of aryl methyl sites for hydroxylation is 1. The van der Waals surface area contributed by atoms with Gasteiger partial charge in [-0.3, -0.25) is 0 Å². The summed E-state index contributed by atoms with van der Waals surface area (Å²) in [6.07, 6.45) is 7.18. The van der Waals surface area contributed by atoms with Gasteiger partial charge in [0, 0.05) is 12.5 Å². The van der Waals surface area contributed by atoms with Gasteiger partial charge in [0.05, 0.1) is 11.3 Å². The van der Waals surface area contributed by atoms with Crippen molar-refractivity contribution in [3.8, 4) is 0 Å². The van der Waals surface area contributed by atoms with E-state index >= 15 is 0 Å². The van der Waals surface area contributed by atoms with Crippen LogP contribution in [0.4, 0.5) is 0 Å². The van der Waals surface area contributed by atoms with Crippen molar-refractivity contribution in [1.29, 1.82) is 0 Å². The highest BCUT2D eigenvalue weighted by molar-refractivity contribution is 5.99. The van der Waals surface area contributed by atoms with Crippen LogP contribution in [0.15, 0.2) is 23.4 Å². The molecule has 2 N–H and O–H groups in total. The third-order valence-electron chi connectivity index (χ3n) is 4.95. The van der Waals surface area contributed by atoms with E-state index in [1.165, 1.54) is 48.8 Å². The third-order valence-corrected chi connectivity index (χ3v) is 4.95. The van der Waals surface area contributed by atoms with Crippen LogP contribution in [0.3, 0.4) is 0 Å². The summed E-state index contributed by atoms with van der Waals surface area (Å²) in [6, 6.07) is 7.10. The van der Waals surface area contributed by atoms with Crippen molar-refractivity contribution >= 4 is 5.71 Å². The van der Waals surface area contributed by atoms with Crippen LogP contribution in [0.1, 0.15) is 55.7 Å². The summed E-state index contributed by atoms with van der Waals surface area (Å²) in [7, 11) is 0. The number of benzene rings is 1. The molecular formula is C17H24N2O. The minimum absolute atomic E-state index is 0.306. The topological polar surface area (TPSA) is 44.6 Å². The van der Waals surface area contributed by atoms with E-state index in [0.29, 0.717) is 6.04 Å². The van der Waals surface area contributed by atoms with E-state index in [0.717, 1.165) is 12.1 Å². The molecule has 0 bridgehead atoms. The van der Waals surface area contributed by atoms with Gasteiger partial charge in [0.15, 0.2) is 0 Å². The number of hydrogen-bond acceptors (Lipinski definition) is 3. The minimum Gasteiger partial charge on any atom is -0.411 e. The van der Waals surface area contributed by atoms with Crippen molar-refractivity contribution in [2.75, 3.05) is 0 Å². The Morgan fingerprint density at radius 3 is 2.70 bits per heavy atom. The molecule has 0 spiro atoms. The largest absolute Gasteiger partial charge is 0.411 e. The average molecular weight is 272 g/mol. The number of hydrogen-bond donors (Lipinski definition) is 2.